The number of nitrogens with zero attached hydrogens (tertiary/aromatic N) is 4. The molecule has 0 aromatic carbocycles. The predicted octanol–water partition coefficient (Wildman–Crippen LogP) is 1.24. The van der Waals surface area contributed by atoms with Crippen LogP contribution in [0.25, 0.3) is 0 Å². The van der Waals surface area contributed by atoms with E-state index in [9.17, 15) is 0 Å². The molecule has 8 nitrogen and oxygen atoms in total. The van der Waals surface area contributed by atoms with Gasteiger partial charge in [-0.05, 0) is 6.42 Å². The van der Waals surface area contributed by atoms with Crippen LogP contribution in [0.1, 0.15) is 37.9 Å². The molecular formula is C16H31IN6O2. The molecule has 1 aromatic heterocycles. The van der Waals surface area contributed by atoms with Crippen LogP contribution in [-0.4, -0.2) is 74.0 Å². The fraction of sp³-hybridized carbons (Fsp3) is 0.812. The Labute approximate surface area is 167 Å². The van der Waals surface area contributed by atoms with E-state index in [2.05, 4.69) is 44.5 Å². The van der Waals surface area contributed by atoms with Crippen molar-refractivity contribution in [2.45, 2.75) is 32.6 Å². The number of aromatic nitrogens is 2. The fourth-order valence-electron chi connectivity index (χ4n) is 2.43. The summed E-state index contributed by atoms with van der Waals surface area (Å²) >= 11 is 0. The van der Waals surface area contributed by atoms with Crippen molar-refractivity contribution in [1.29, 1.82) is 0 Å². The van der Waals surface area contributed by atoms with E-state index in [0.29, 0.717) is 11.8 Å². The van der Waals surface area contributed by atoms with Crippen LogP contribution in [0.15, 0.2) is 9.52 Å². The van der Waals surface area contributed by atoms with Crippen LogP contribution in [0, 0.1) is 0 Å². The number of ether oxygens (including phenoxy) is 1. The molecule has 9 heteroatoms. The molecule has 2 rings (SSSR count). The second-order valence-electron chi connectivity index (χ2n) is 6.18. The highest BCUT2D eigenvalue weighted by molar-refractivity contribution is 14.0. The van der Waals surface area contributed by atoms with Crippen molar-refractivity contribution in [2.75, 3.05) is 53.0 Å². The zero-order valence-electron chi connectivity index (χ0n) is 15.5. The smallest absolute Gasteiger partial charge is 0.226 e. The van der Waals surface area contributed by atoms with Gasteiger partial charge in [0.2, 0.25) is 5.89 Å². The van der Waals surface area contributed by atoms with Crippen molar-refractivity contribution in [2.24, 2.45) is 4.99 Å². The molecule has 1 fully saturated rings. The van der Waals surface area contributed by atoms with Crippen LogP contribution in [0.5, 0.6) is 0 Å². The van der Waals surface area contributed by atoms with Crippen molar-refractivity contribution in [3.8, 4) is 0 Å². The second-order valence-corrected chi connectivity index (χ2v) is 6.18. The molecule has 144 valence electrons. The van der Waals surface area contributed by atoms with Crippen LogP contribution < -0.4 is 10.6 Å². The molecule has 2 heterocycles. The van der Waals surface area contributed by atoms with Crippen LogP contribution in [0.4, 0.5) is 0 Å². The summed E-state index contributed by atoms with van der Waals surface area (Å²) in [6.07, 6.45) is 1.70. The molecule has 0 atom stereocenters. The Morgan fingerprint density at radius 1 is 1.24 bits per heavy atom. The lowest BCUT2D eigenvalue weighted by molar-refractivity contribution is 0.0389. The average Bonchev–Trinajstić information content (AvgIpc) is 3.07. The maximum atomic E-state index is 5.35. The third-order valence-corrected chi connectivity index (χ3v) is 3.91. The molecule has 0 bridgehead atoms. The molecule has 1 aliphatic heterocycles. The number of hydrogen-bond acceptors (Lipinski definition) is 6. The molecule has 2 N–H and O–H groups in total. The van der Waals surface area contributed by atoms with E-state index in [0.717, 1.165) is 70.6 Å². The minimum Gasteiger partial charge on any atom is -0.379 e. The van der Waals surface area contributed by atoms with E-state index < -0.39 is 0 Å². The van der Waals surface area contributed by atoms with Gasteiger partial charge in [0.05, 0.1) is 13.2 Å². The summed E-state index contributed by atoms with van der Waals surface area (Å²) < 4.78 is 10.6. The molecule has 0 unspecified atom stereocenters. The number of morpholine rings is 1. The van der Waals surface area contributed by atoms with Gasteiger partial charge >= 0.3 is 0 Å². The standard InChI is InChI=1S/C16H30N6O2.HI/c1-13(2)15-20-14(24-21-15)5-4-6-18-16(17-3)19-7-8-22-9-11-23-12-10-22;/h13H,4-12H2,1-3H3,(H2,17,18,19);1H. The lowest BCUT2D eigenvalue weighted by atomic mass is 10.2. The molecular weight excluding hydrogens is 435 g/mol. The molecule has 0 aliphatic carbocycles. The molecule has 1 aromatic rings. The van der Waals surface area contributed by atoms with Crippen molar-refractivity contribution in [1.82, 2.24) is 25.7 Å². The van der Waals surface area contributed by atoms with Gasteiger partial charge in [-0.15, -0.1) is 24.0 Å². The summed E-state index contributed by atoms with van der Waals surface area (Å²) in [6, 6.07) is 0. The summed E-state index contributed by atoms with van der Waals surface area (Å²) in [6.45, 7) is 10.5. The molecule has 1 aliphatic rings. The summed E-state index contributed by atoms with van der Waals surface area (Å²) in [4.78, 5) is 11.0. The number of hydrogen-bond donors (Lipinski definition) is 2. The molecule has 1 saturated heterocycles. The van der Waals surface area contributed by atoms with Crippen LogP contribution >= 0.6 is 24.0 Å². The minimum atomic E-state index is 0. The molecule has 0 radical (unpaired) electrons. The number of nitrogens with one attached hydrogen (secondary N) is 2. The maximum Gasteiger partial charge on any atom is 0.226 e. The summed E-state index contributed by atoms with van der Waals surface area (Å²) in [7, 11) is 1.79. The van der Waals surface area contributed by atoms with E-state index in [1.54, 1.807) is 7.05 Å². The predicted molar refractivity (Wildman–Crippen MR) is 109 cm³/mol. The Bertz CT molecular complexity index is 503. The SMILES string of the molecule is CN=C(NCCCc1nc(C(C)C)no1)NCCN1CCOCC1.I. The normalized spacial score (nSPS) is 15.9. The Morgan fingerprint density at radius 2 is 1.96 bits per heavy atom. The minimum absolute atomic E-state index is 0. The lowest BCUT2D eigenvalue weighted by Gasteiger charge is -2.26. The van der Waals surface area contributed by atoms with Crippen molar-refractivity contribution in [3.63, 3.8) is 0 Å². The van der Waals surface area contributed by atoms with Gasteiger partial charge in [0.15, 0.2) is 11.8 Å². The number of aryl methyl sites for hydroxylation is 1. The monoisotopic (exact) mass is 466 g/mol. The largest absolute Gasteiger partial charge is 0.379 e. The third-order valence-electron chi connectivity index (χ3n) is 3.91. The summed E-state index contributed by atoms with van der Waals surface area (Å²) in [5.74, 6) is 2.61. The van der Waals surface area contributed by atoms with Crippen molar-refractivity contribution < 1.29 is 9.26 Å². The van der Waals surface area contributed by atoms with E-state index in [4.69, 9.17) is 9.26 Å². The van der Waals surface area contributed by atoms with Gasteiger partial charge in [-0.3, -0.25) is 9.89 Å². The molecule has 0 amide bonds. The quantitative estimate of drug-likeness (QED) is 0.258. The number of halogens is 1. The second kappa shape index (κ2) is 12.4. The highest BCUT2D eigenvalue weighted by Gasteiger charge is 2.10. The first kappa shape index (κ1) is 22.1. The summed E-state index contributed by atoms with van der Waals surface area (Å²) in [5.41, 5.74) is 0. The lowest BCUT2D eigenvalue weighted by Crippen LogP contribution is -2.44. The van der Waals surface area contributed by atoms with E-state index >= 15 is 0 Å². The highest BCUT2D eigenvalue weighted by Crippen LogP contribution is 2.10. The Morgan fingerprint density at radius 3 is 2.60 bits per heavy atom. The van der Waals surface area contributed by atoms with E-state index in [1.807, 2.05) is 0 Å². The first-order chi connectivity index (χ1) is 11.7. The highest BCUT2D eigenvalue weighted by atomic mass is 127. The van der Waals surface area contributed by atoms with Gasteiger partial charge in [-0.25, -0.2) is 0 Å². The topological polar surface area (TPSA) is 87.8 Å². The van der Waals surface area contributed by atoms with E-state index in [-0.39, 0.29) is 24.0 Å². The molecule has 0 saturated carbocycles. The summed E-state index contributed by atoms with van der Waals surface area (Å²) in [5, 5.41) is 10.6. The average molecular weight is 466 g/mol. The van der Waals surface area contributed by atoms with Crippen LogP contribution in [-0.2, 0) is 11.2 Å². The zero-order chi connectivity index (χ0) is 17.2. The molecule has 25 heavy (non-hydrogen) atoms. The third kappa shape index (κ3) is 8.32. The van der Waals surface area contributed by atoms with Gasteiger partial charge in [-0.1, -0.05) is 19.0 Å². The van der Waals surface area contributed by atoms with Crippen molar-refractivity contribution >= 4 is 29.9 Å². The van der Waals surface area contributed by atoms with Gasteiger partial charge < -0.3 is 19.9 Å². The molecule has 0 spiro atoms. The van der Waals surface area contributed by atoms with Gasteiger partial charge in [0, 0.05) is 52.1 Å². The Balaban J connectivity index is 0.00000312. The Kier molecular flexibility index (Phi) is 11.0. The van der Waals surface area contributed by atoms with Gasteiger partial charge in [-0.2, -0.15) is 4.98 Å². The van der Waals surface area contributed by atoms with Crippen molar-refractivity contribution in [3.05, 3.63) is 11.7 Å². The van der Waals surface area contributed by atoms with Crippen LogP contribution in [0.3, 0.4) is 0 Å². The first-order valence-electron chi connectivity index (χ1n) is 8.76. The first-order valence-corrected chi connectivity index (χ1v) is 8.76. The van der Waals surface area contributed by atoms with E-state index in [1.165, 1.54) is 0 Å². The van der Waals surface area contributed by atoms with Crippen LogP contribution in [0.2, 0.25) is 0 Å². The van der Waals surface area contributed by atoms with Gasteiger partial charge in [0.25, 0.3) is 0 Å². The van der Waals surface area contributed by atoms with Gasteiger partial charge in [0.1, 0.15) is 0 Å². The number of rotatable bonds is 8. The Hall–Kier alpha value is -0.940. The number of guanidine groups is 1. The zero-order valence-corrected chi connectivity index (χ0v) is 17.8. The fourth-order valence-corrected chi connectivity index (χ4v) is 2.43. The number of aliphatic imine (C=N–C) groups is 1. The maximum absolute atomic E-state index is 5.35.